The highest BCUT2D eigenvalue weighted by Gasteiger charge is 2.26. The summed E-state index contributed by atoms with van der Waals surface area (Å²) in [5.74, 6) is 1.40. The van der Waals surface area contributed by atoms with E-state index in [2.05, 4.69) is 17.1 Å². The lowest BCUT2D eigenvalue weighted by Gasteiger charge is -2.20. The fraction of sp³-hybridized carbons (Fsp3) is 0.778. The molecule has 1 saturated heterocycles. The minimum atomic E-state index is 0.319. The minimum absolute atomic E-state index is 0.319. The van der Waals surface area contributed by atoms with Crippen LogP contribution in [0.25, 0.3) is 0 Å². The zero-order chi connectivity index (χ0) is 10.1. The Morgan fingerprint density at radius 3 is 2.86 bits per heavy atom. The number of aromatic nitrogens is 3. The first kappa shape index (κ1) is 9.93. The average Bonchev–Trinajstić information content (AvgIpc) is 2.75. The Labute approximate surface area is 88.2 Å². The predicted octanol–water partition coefficient (Wildman–Crippen LogP) is 1.84. The zero-order valence-corrected chi connectivity index (χ0v) is 9.16. The molecule has 0 N–H and O–H groups in total. The van der Waals surface area contributed by atoms with Crippen molar-refractivity contribution in [2.45, 2.75) is 26.3 Å². The normalized spacial score (nSPS) is 24.1. The lowest BCUT2D eigenvalue weighted by Crippen LogP contribution is -2.18. The van der Waals surface area contributed by atoms with E-state index in [-0.39, 0.29) is 0 Å². The molecule has 0 saturated carbocycles. The molecule has 0 bridgehead atoms. The van der Waals surface area contributed by atoms with Crippen LogP contribution in [0.1, 0.15) is 25.2 Å². The van der Waals surface area contributed by atoms with E-state index < -0.39 is 0 Å². The van der Waals surface area contributed by atoms with Gasteiger partial charge in [0, 0.05) is 18.6 Å². The van der Waals surface area contributed by atoms with Gasteiger partial charge in [0.25, 0.3) is 0 Å². The van der Waals surface area contributed by atoms with Gasteiger partial charge in [-0.25, -0.2) is 0 Å². The lowest BCUT2D eigenvalue weighted by atomic mass is 10.0. The fourth-order valence-corrected chi connectivity index (χ4v) is 2.26. The molecule has 2 unspecified atom stereocenters. The number of hydrogen-bond donors (Lipinski definition) is 0. The van der Waals surface area contributed by atoms with E-state index in [1.54, 1.807) is 0 Å². The summed E-state index contributed by atoms with van der Waals surface area (Å²) < 4.78 is 7.33. The fourth-order valence-electron chi connectivity index (χ4n) is 1.95. The second kappa shape index (κ2) is 3.87. The summed E-state index contributed by atoms with van der Waals surface area (Å²) in [6.45, 7) is 5.73. The van der Waals surface area contributed by atoms with Crippen LogP contribution in [0, 0.1) is 12.8 Å². The van der Waals surface area contributed by atoms with Crippen LogP contribution in [0.3, 0.4) is 0 Å². The van der Waals surface area contributed by atoms with Crippen LogP contribution in [0.2, 0.25) is 5.28 Å². The van der Waals surface area contributed by atoms with Crippen molar-refractivity contribution in [3.63, 3.8) is 0 Å². The minimum Gasteiger partial charge on any atom is -0.381 e. The first-order valence-corrected chi connectivity index (χ1v) is 5.22. The molecule has 5 heteroatoms. The quantitative estimate of drug-likeness (QED) is 0.756. The van der Waals surface area contributed by atoms with Crippen LogP contribution < -0.4 is 0 Å². The Kier molecular flexibility index (Phi) is 2.74. The van der Waals surface area contributed by atoms with E-state index >= 15 is 0 Å². The highest BCUT2D eigenvalue weighted by molar-refractivity contribution is 6.28. The number of nitrogens with zero attached hydrogens (tertiary/aromatic N) is 3. The Balaban J connectivity index is 2.21. The molecule has 0 aromatic carbocycles. The topological polar surface area (TPSA) is 39.9 Å². The Hall–Kier alpha value is -0.610. The van der Waals surface area contributed by atoms with E-state index in [0.29, 0.717) is 17.2 Å². The third-order valence-corrected chi connectivity index (χ3v) is 3.14. The highest BCUT2D eigenvalue weighted by atomic mass is 35.5. The molecule has 1 aliphatic rings. The van der Waals surface area contributed by atoms with Crippen molar-refractivity contribution in [3.05, 3.63) is 11.1 Å². The number of aryl methyl sites for hydroxylation is 1. The molecule has 0 amide bonds. The van der Waals surface area contributed by atoms with E-state index in [4.69, 9.17) is 16.3 Å². The van der Waals surface area contributed by atoms with E-state index in [1.807, 2.05) is 11.5 Å². The SMILES string of the molecule is Cc1nnc(Cl)n1C(C)C1CCOC1. The first-order valence-electron chi connectivity index (χ1n) is 4.85. The van der Waals surface area contributed by atoms with Crippen LogP contribution in [-0.4, -0.2) is 28.0 Å². The maximum atomic E-state index is 5.97. The maximum absolute atomic E-state index is 5.97. The lowest BCUT2D eigenvalue weighted by molar-refractivity contribution is 0.175. The third kappa shape index (κ3) is 1.64. The predicted molar refractivity (Wildman–Crippen MR) is 53.4 cm³/mol. The highest BCUT2D eigenvalue weighted by Crippen LogP contribution is 2.28. The molecule has 2 heterocycles. The number of ether oxygens (including phenoxy) is 1. The Bertz CT molecular complexity index is 300. The van der Waals surface area contributed by atoms with Crippen molar-refractivity contribution in [1.82, 2.24) is 14.8 Å². The van der Waals surface area contributed by atoms with Gasteiger partial charge < -0.3 is 4.74 Å². The van der Waals surface area contributed by atoms with E-state index in [1.165, 1.54) is 0 Å². The van der Waals surface area contributed by atoms with Crippen molar-refractivity contribution in [2.24, 2.45) is 5.92 Å². The molecular formula is C9H14ClN3O. The molecule has 4 nitrogen and oxygen atoms in total. The summed E-state index contributed by atoms with van der Waals surface area (Å²) in [6.07, 6.45) is 1.09. The molecule has 0 spiro atoms. The van der Waals surface area contributed by atoms with Gasteiger partial charge in [-0.1, -0.05) is 0 Å². The monoisotopic (exact) mass is 215 g/mol. The van der Waals surface area contributed by atoms with Crippen LogP contribution in [0.5, 0.6) is 0 Å². The van der Waals surface area contributed by atoms with Crippen molar-refractivity contribution in [1.29, 1.82) is 0 Å². The van der Waals surface area contributed by atoms with Gasteiger partial charge in [-0.2, -0.15) is 0 Å². The second-order valence-corrected chi connectivity index (χ2v) is 4.09. The van der Waals surface area contributed by atoms with Crippen LogP contribution in [0.4, 0.5) is 0 Å². The second-order valence-electron chi connectivity index (χ2n) is 3.75. The third-order valence-electron chi connectivity index (χ3n) is 2.88. The summed E-state index contributed by atoms with van der Waals surface area (Å²) in [6, 6.07) is 0.319. The molecule has 1 fully saturated rings. The molecule has 0 radical (unpaired) electrons. The van der Waals surface area contributed by atoms with Crippen molar-refractivity contribution < 1.29 is 4.74 Å². The van der Waals surface area contributed by atoms with Crippen molar-refractivity contribution >= 4 is 11.6 Å². The average molecular weight is 216 g/mol. The molecule has 1 aromatic rings. The van der Waals surface area contributed by atoms with Gasteiger partial charge in [0.1, 0.15) is 5.82 Å². The summed E-state index contributed by atoms with van der Waals surface area (Å²) in [5, 5.41) is 8.27. The zero-order valence-electron chi connectivity index (χ0n) is 8.40. The molecule has 14 heavy (non-hydrogen) atoms. The van der Waals surface area contributed by atoms with Gasteiger partial charge in [-0.3, -0.25) is 4.57 Å². The van der Waals surface area contributed by atoms with E-state index in [0.717, 1.165) is 25.5 Å². The van der Waals surface area contributed by atoms with Crippen LogP contribution in [0.15, 0.2) is 0 Å². The first-order chi connectivity index (χ1) is 6.70. The Morgan fingerprint density at radius 2 is 2.36 bits per heavy atom. The molecule has 2 rings (SSSR count). The molecule has 2 atom stereocenters. The van der Waals surface area contributed by atoms with Gasteiger partial charge in [0.05, 0.1) is 6.61 Å². The molecule has 78 valence electrons. The van der Waals surface area contributed by atoms with E-state index in [9.17, 15) is 0 Å². The smallest absolute Gasteiger partial charge is 0.225 e. The maximum Gasteiger partial charge on any atom is 0.225 e. The molecule has 0 aliphatic carbocycles. The van der Waals surface area contributed by atoms with Gasteiger partial charge in [0.15, 0.2) is 0 Å². The molecule has 1 aliphatic heterocycles. The molecule has 1 aromatic heterocycles. The number of rotatable bonds is 2. The van der Waals surface area contributed by atoms with Gasteiger partial charge in [0.2, 0.25) is 5.28 Å². The van der Waals surface area contributed by atoms with Crippen molar-refractivity contribution in [3.8, 4) is 0 Å². The van der Waals surface area contributed by atoms with Crippen LogP contribution in [-0.2, 0) is 4.74 Å². The van der Waals surface area contributed by atoms with Gasteiger partial charge in [-0.15, -0.1) is 10.2 Å². The molecular weight excluding hydrogens is 202 g/mol. The summed E-state index contributed by atoms with van der Waals surface area (Å²) in [4.78, 5) is 0. The number of halogens is 1. The Morgan fingerprint density at radius 1 is 1.57 bits per heavy atom. The largest absolute Gasteiger partial charge is 0.381 e. The standard InChI is InChI=1S/C9H14ClN3O/c1-6(8-3-4-14-5-8)13-7(2)11-12-9(13)10/h6,8H,3-5H2,1-2H3. The summed E-state index contributed by atoms with van der Waals surface area (Å²) in [7, 11) is 0. The van der Waals surface area contributed by atoms with Crippen molar-refractivity contribution in [2.75, 3.05) is 13.2 Å². The van der Waals surface area contributed by atoms with Gasteiger partial charge >= 0.3 is 0 Å². The summed E-state index contributed by atoms with van der Waals surface area (Å²) >= 11 is 5.97. The number of hydrogen-bond acceptors (Lipinski definition) is 3. The van der Waals surface area contributed by atoms with Gasteiger partial charge in [-0.05, 0) is 31.9 Å². The summed E-state index contributed by atoms with van der Waals surface area (Å²) in [5.41, 5.74) is 0. The van der Waals surface area contributed by atoms with Crippen LogP contribution >= 0.6 is 11.6 Å².